The Bertz CT molecular complexity index is 1570. The number of unbranched alkanes of at least 4 members (excludes halogenated alkanes) is 1. The lowest BCUT2D eigenvalue weighted by Crippen LogP contribution is -2.38. The molecular formula is C32H34N4O4. The van der Waals surface area contributed by atoms with Crippen LogP contribution in [0.3, 0.4) is 0 Å². The molecule has 0 saturated heterocycles. The Labute approximate surface area is 233 Å². The maximum absolute atomic E-state index is 13.9. The van der Waals surface area contributed by atoms with Crippen LogP contribution in [0.25, 0.3) is 22.7 Å². The Hall–Kier alpha value is -4.59. The van der Waals surface area contributed by atoms with Crippen LogP contribution in [0.5, 0.6) is 0 Å². The van der Waals surface area contributed by atoms with Crippen molar-refractivity contribution in [3.8, 4) is 5.69 Å². The number of carbonyl (C=O) groups is 1. The van der Waals surface area contributed by atoms with Gasteiger partial charge >= 0.3 is 0 Å². The number of hydrogen-bond donors (Lipinski definition) is 0. The number of rotatable bonds is 11. The summed E-state index contributed by atoms with van der Waals surface area (Å²) in [7, 11) is 0. The van der Waals surface area contributed by atoms with E-state index in [1.807, 2.05) is 49.4 Å². The van der Waals surface area contributed by atoms with Gasteiger partial charge in [-0.2, -0.15) is 0 Å². The second-order valence-electron chi connectivity index (χ2n) is 9.64. The number of carbonyl (C=O) groups excluding carboxylic acids is 1. The fourth-order valence-corrected chi connectivity index (χ4v) is 4.76. The van der Waals surface area contributed by atoms with Crippen molar-refractivity contribution in [2.24, 2.45) is 0 Å². The second kappa shape index (κ2) is 13.0. The molecule has 0 aliphatic heterocycles. The molecule has 1 atom stereocenters. The number of para-hydroxylation sites is 1. The third-order valence-corrected chi connectivity index (χ3v) is 7.02. The summed E-state index contributed by atoms with van der Waals surface area (Å²) in [6.45, 7) is 6.63. The maximum Gasteiger partial charge on any atom is 0.269 e. The van der Waals surface area contributed by atoms with Crippen LogP contribution in [0.1, 0.15) is 63.0 Å². The molecule has 1 aromatic heterocycles. The molecule has 0 radical (unpaired) electrons. The smallest absolute Gasteiger partial charge is 0.269 e. The van der Waals surface area contributed by atoms with Crippen LogP contribution < -0.4 is 5.56 Å². The van der Waals surface area contributed by atoms with E-state index in [9.17, 15) is 19.7 Å². The van der Waals surface area contributed by atoms with Crippen LogP contribution in [0.4, 0.5) is 5.69 Å². The third kappa shape index (κ3) is 6.17. The number of non-ortho nitro benzene ring substituents is 1. The van der Waals surface area contributed by atoms with Crippen LogP contribution in [-0.4, -0.2) is 31.8 Å². The highest BCUT2D eigenvalue weighted by Gasteiger charge is 2.28. The molecule has 1 amide bonds. The lowest BCUT2D eigenvalue weighted by molar-refractivity contribution is -0.384. The Morgan fingerprint density at radius 2 is 1.73 bits per heavy atom. The summed E-state index contributed by atoms with van der Waals surface area (Å²) < 4.78 is 1.64. The van der Waals surface area contributed by atoms with Crippen molar-refractivity contribution in [1.29, 1.82) is 0 Å². The van der Waals surface area contributed by atoms with E-state index >= 15 is 0 Å². The van der Waals surface area contributed by atoms with Crippen LogP contribution in [0.2, 0.25) is 0 Å². The van der Waals surface area contributed by atoms with Gasteiger partial charge in [0.25, 0.3) is 11.2 Å². The molecule has 0 spiro atoms. The summed E-state index contributed by atoms with van der Waals surface area (Å²) in [5, 5.41) is 11.5. The van der Waals surface area contributed by atoms with Crippen LogP contribution in [-0.2, 0) is 11.2 Å². The van der Waals surface area contributed by atoms with Gasteiger partial charge in [0.05, 0.1) is 27.6 Å². The number of fused-ring (bicyclic) bond motifs is 1. The first kappa shape index (κ1) is 28.4. The molecule has 8 heteroatoms. The predicted octanol–water partition coefficient (Wildman–Crippen LogP) is 6.65. The first-order valence-electron chi connectivity index (χ1n) is 13.7. The van der Waals surface area contributed by atoms with Gasteiger partial charge in [-0.15, -0.1) is 0 Å². The first-order valence-corrected chi connectivity index (χ1v) is 13.7. The van der Waals surface area contributed by atoms with Crippen LogP contribution in [0, 0.1) is 10.1 Å². The highest BCUT2D eigenvalue weighted by Crippen LogP contribution is 2.27. The maximum atomic E-state index is 13.9. The molecule has 4 aromatic rings. The van der Waals surface area contributed by atoms with Crippen molar-refractivity contribution in [2.45, 2.75) is 52.5 Å². The van der Waals surface area contributed by atoms with Crippen LogP contribution >= 0.6 is 0 Å². The number of nitro benzene ring substituents is 1. The average Bonchev–Trinajstić information content (AvgIpc) is 2.98. The lowest BCUT2D eigenvalue weighted by atomic mass is 10.1. The van der Waals surface area contributed by atoms with E-state index < -0.39 is 11.0 Å². The minimum absolute atomic E-state index is 0.00795. The molecule has 8 nitrogen and oxygen atoms in total. The van der Waals surface area contributed by atoms with Gasteiger partial charge in [-0.05, 0) is 72.9 Å². The minimum Gasteiger partial charge on any atom is -0.329 e. The Kier molecular flexibility index (Phi) is 9.22. The van der Waals surface area contributed by atoms with Crippen molar-refractivity contribution in [3.05, 3.63) is 116 Å². The van der Waals surface area contributed by atoms with Gasteiger partial charge < -0.3 is 4.90 Å². The minimum atomic E-state index is -0.455. The zero-order chi connectivity index (χ0) is 28.6. The van der Waals surface area contributed by atoms with Gasteiger partial charge in [-0.3, -0.25) is 24.3 Å². The van der Waals surface area contributed by atoms with Crippen molar-refractivity contribution in [3.63, 3.8) is 0 Å². The number of aromatic nitrogens is 2. The highest BCUT2D eigenvalue weighted by molar-refractivity contribution is 5.92. The van der Waals surface area contributed by atoms with E-state index in [1.54, 1.807) is 33.7 Å². The van der Waals surface area contributed by atoms with Gasteiger partial charge in [0.2, 0.25) is 5.91 Å². The third-order valence-electron chi connectivity index (χ3n) is 7.02. The molecule has 40 heavy (non-hydrogen) atoms. The highest BCUT2D eigenvalue weighted by atomic mass is 16.6. The van der Waals surface area contributed by atoms with E-state index in [1.165, 1.54) is 18.2 Å². The fourth-order valence-electron chi connectivity index (χ4n) is 4.76. The Morgan fingerprint density at radius 3 is 2.35 bits per heavy atom. The lowest BCUT2D eigenvalue weighted by Gasteiger charge is -2.31. The van der Waals surface area contributed by atoms with E-state index in [2.05, 4.69) is 13.8 Å². The molecular weight excluding hydrogens is 504 g/mol. The van der Waals surface area contributed by atoms with Gasteiger partial charge in [0.1, 0.15) is 5.82 Å². The number of nitrogens with zero attached hydrogens (tertiary/aromatic N) is 4. The molecule has 1 unspecified atom stereocenters. The van der Waals surface area contributed by atoms with E-state index in [-0.39, 0.29) is 17.2 Å². The standard InChI is InChI=1S/C32H34N4O4/c1-4-7-22-34(30(37)21-16-24-14-19-26(20-15-24)36(39)40)29(6-3)31-33-28-11-9-8-10-27(28)32(38)35(31)25-17-12-23(5-2)13-18-25/h8-21,29H,4-7,22H2,1-3H3/b21-16+. The Balaban J connectivity index is 1.80. The number of aryl methyl sites for hydroxylation is 1. The number of hydrogen-bond acceptors (Lipinski definition) is 5. The number of amides is 1. The molecule has 0 fully saturated rings. The van der Waals surface area contributed by atoms with E-state index in [0.717, 1.165) is 24.8 Å². The van der Waals surface area contributed by atoms with Gasteiger partial charge in [-0.1, -0.05) is 51.5 Å². The monoisotopic (exact) mass is 538 g/mol. The molecule has 0 saturated carbocycles. The summed E-state index contributed by atoms with van der Waals surface area (Å²) in [6.07, 6.45) is 6.26. The molecule has 0 N–H and O–H groups in total. The summed E-state index contributed by atoms with van der Waals surface area (Å²) in [5.41, 5.74) is 2.96. The molecule has 0 aliphatic carbocycles. The Morgan fingerprint density at radius 1 is 1.02 bits per heavy atom. The van der Waals surface area contributed by atoms with Crippen molar-refractivity contribution < 1.29 is 9.72 Å². The van der Waals surface area contributed by atoms with E-state index in [0.29, 0.717) is 40.9 Å². The van der Waals surface area contributed by atoms with Gasteiger partial charge in [0, 0.05) is 24.8 Å². The number of nitro groups is 1. The summed E-state index contributed by atoms with van der Waals surface area (Å²) >= 11 is 0. The predicted molar refractivity (Wildman–Crippen MR) is 159 cm³/mol. The second-order valence-corrected chi connectivity index (χ2v) is 9.64. The average molecular weight is 539 g/mol. The van der Waals surface area contributed by atoms with E-state index in [4.69, 9.17) is 4.98 Å². The SMILES string of the molecule is CCCCN(C(=O)/C=C/c1ccc([N+](=O)[O-])cc1)C(CC)c1nc2ccccc2c(=O)n1-c1ccc(CC)cc1. The molecule has 4 rings (SSSR count). The summed E-state index contributed by atoms with van der Waals surface area (Å²) in [5.74, 6) is 0.303. The van der Waals surface area contributed by atoms with Crippen molar-refractivity contribution in [2.75, 3.05) is 6.54 Å². The van der Waals surface area contributed by atoms with Crippen LogP contribution in [0.15, 0.2) is 83.7 Å². The zero-order valence-corrected chi connectivity index (χ0v) is 23.1. The molecule has 206 valence electrons. The largest absolute Gasteiger partial charge is 0.329 e. The van der Waals surface area contributed by atoms with Gasteiger partial charge in [-0.25, -0.2) is 4.98 Å². The quantitative estimate of drug-likeness (QED) is 0.121. The first-order chi connectivity index (χ1) is 19.4. The number of benzene rings is 3. The molecule has 0 aliphatic rings. The zero-order valence-electron chi connectivity index (χ0n) is 23.1. The van der Waals surface area contributed by atoms with Crippen molar-refractivity contribution in [1.82, 2.24) is 14.5 Å². The van der Waals surface area contributed by atoms with Crippen molar-refractivity contribution >= 4 is 28.6 Å². The molecule has 0 bridgehead atoms. The van der Waals surface area contributed by atoms with Gasteiger partial charge in [0.15, 0.2) is 0 Å². The molecule has 3 aromatic carbocycles. The molecule has 1 heterocycles. The topological polar surface area (TPSA) is 98.3 Å². The summed E-state index contributed by atoms with van der Waals surface area (Å²) in [6, 6.07) is 20.7. The normalized spacial score (nSPS) is 12.1. The summed E-state index contributed by atoms with van der Waals surface area (Å²) in [4.78, 5) is 44.8. The fraction of sp³-hybridized carbons (Fsp3) is 0.281.